The highest BCUT2D eigenvalue weighted by molar-refractivity contribution is 6.03. The van der Waals surface area contributed by atoms with E-state index in [1.54, 1.807) is 18.2 Å². The zero-order valence-electron chi connectivity index (χ0n) is 13.0. The van der Waals surface area contributed by atoms with Gasteiger partial charge in [0.25, 0.3) is 0 Å². The van der Waals surface area contributed by atoms with Crippen LogP contribution in [0.2, 0.25) is 0 Å². The lowest BCUT2D eigenvalue weighted by Crippen LogP contribution is -2.07. The zero-order chi connectivity index (χ0) is 16.2. The van der Waals surface area contributed by atoms with Gasteiger partial charge in [0.05, 0.1) is 0 Å². The van der Waals surface area contributed by atoms with E-state index in [4.69, 9.17) is 9.47 Å². The molecule has 23 heavy (non-hydrogen) atoms. The van der Waals surface area contributed by atoms with Crippen LogP contribution in [-0.4, -0.2) is 18.4 Å². The minimum atomic E-state index is -0.0642. The molecule has 0 fully saturated rings. The number of ketones is 2. The maximum Gasteiger partial charge on any atom is 0.231 e. The monoisotopic (exact) mass is 310 g/mol. The molecule has 1 heterocycles. The van der Waals surface area contributed by atoms with Crippen LogP contribution in [0.25, 0.3) is 0 Å². The number of Topliss-reactive ketones (excluding diaryl/α,β-unsaturated/α-hetero) is 2. The van der Waals surface area contributed by atoms with Gasteiger partial charge in [0.1, 0.15) is 0 Å². The van der Waals surface area contributed by atoms with Gasteiger partial charge in [-0.05, 0) is 30.2 Å². The van der Waals surface area contributed by atoms with E-state index in [0.717, 1.165) is 12.0 Å². The maximum atomic E-state index is 12.4. The van der Waals surface area contributed by atoms with Crippen LogP contribution in [0.5, 0.6) is 11.5 Å². The van der Waals surface area contributed by atoms with Crippen molar-refractivity contribution >= 4 is 11.6 Å². The quantitative estimate of drug-likeness (QED) is 0.761. The Morgan fingerprint density at radius 2 is 1.70 bits per heavy atom. The van der Waals surface area contributed by atoms with Crippen molar-refractivity contribution in [2.24, 2.45) is 0 Å². The lowest BCUT2D eigenvalue weighted by Gasteiger charge is -2.06. The van der Waals surface area contributed by atoms with Gasteiger partial charge in [0.2, 0.25) is 6.79 Å². The maximum absolute atomic E-state index is 12.4. The molecule has 4 nitrogen and oxygen atoms in total. The molecule has 0 N–H and O–H groups in total. The summed E-state index contributed by atoms with van der Waals surface area (Å²) in [6.45, 7) is 2.20. The molecule has 0 saturated heterocycles. The van der Waals surface area contributed by atoms with Crippen LogP contribution >= 0.6 is 0 Å². The molecule has 1 aliphatic rings. The van der Waals surface area contributed by atoms with E-state index in [0.29, 0.717) is 22.6 Å². The predicted molar refractivity (Wildman–Crippen MR) is 86.3 cm³/mol. The molecule has 0 spiro atoms. The van der Waals surface area contributed by atoms with Crippen LogP contribution in [0.4, 0.5) is 0 Å². The molecule has 0 bridgehead atoms. The Morgan fingerprint density at radius 3 is 2.52 bits per heavy atom. The van der Waals surface area contributed by atoms with Gasteiger partial charge in [-0.1, -0.05) is 31.2 Å². The molecule has 0 amide bonds. The fourth-order valence-electron chi connectivity index (χ4n) is 2.68. The van der Waals surface area contributed by atoms with E-state index in [9.17, 15) is 9.59 Å². The van der Waals surface area contributed by atoms with E-state index in [1.807, 2.05) is 31.2 Å². The van der Waals surface area contributed by atoms with Crippen LogP contribution in [0, 0.1) is 0 Å². The number of carbonyl (C=O) groups excluding carboxylic acids is 2. The number of hydrogen-bond donors (Lipinski definition) is 0. The Kier molecular flexibility index (Phi) is 4.42. The summed E-state index contributed by atoms with van der Waals surface area (Å²) in [6.07, 6.45) is 1.21. The molecule has 2 aromatic carbocycles. The Hall–Kier alpha value is -2.62. The standard InChI is InChI=1S/C19H18O4/c1-2-13-5-3-4-6-15(13)17(21)9-8-16(20)14-7-10-18-19(11-14)23-12-22-18/h3-7,10-11H,2,8-9,12H2,1H3. The van der Waals surface area contributed by atoms with Crippen molar-refractivity contribution < 1.29 is 19.1 Å². The van der Waals surface area contributed by atoms with Crippen LogP contribution < -0.4 is 9.47 Å². The van der Waals surface area contributed by atoms with Gasteiger partial charge < -0.3 is 9.47 Å². The smallest absolute Gasteiger partial charge is 0.231 e. The summed E-state index contributed by atoms with van der Waals surface area (Å²) >= 11 is 0. The van der Waals surface area contributed by atoms with Crippen molar-refractivity contribution in [3.63, 3.8) is 0 Å². The Bertz CT molecular complexity index is 749. The normalized spacial score (nSPS) is 12.2. The van der Waals surface area contributed by atoms with E-state index >= 15 is 0 Å². The summed E-state index contributed by atoms with van der Waals surface area (Å²) in [5, 5.41) is 0. The van der Waals surface area contributed by atoms with Crippen LogP contribution in [-0.2, 0) is 6.42 Å². The van der Waals surface area contributed by atoms with Gasteiger partial charge >= 0.3 is 0 Å². The van der Waals surface area contributed by atoms with E-state index in [1.165, 1.54) is 0 Å². The van der Waals surface area contributed by atoms with Gasteiger partial charge in [0, 0.05) is 24.0 Å². The lowest BCUT2D eigenvalue weighted by atomic mass is 9.97. The van der Waals surface area contributed by atoms with Crippen molar-refractivity contribution in [3.05, 3.63) is 59.2 Å². The third-order valence-electron chi connectivity index (χ3n) is 3.97. The first-order valence-electron chi connectivity index (χ1n) is 7.73. The number of ether oxygens (including phenoxy) is 2. The summed E-state index contributed by atoms with van der Waals surface area (Å²) in [4.78, 5) is 24.6. The fraction of sp³-hybridized carbons (Fsp3) is 0.263. The largest absolute Gasteiger partial charge is 0.454 e. The molecule has 0 aromatic heterocycles. The molecule has 4 heteroatoms. The summed E-state index contributed by atoms with van der Waals surface area (Å²) in [6, 6.07) is 12.7. The van der Waals surface area contributed by atoms with Gasteiger partial charge in [-0.3, -0.25) is 9.59 Å². The summed E-state index contributed by atoms with van der Waals surface area (Å²) < 4.78 is 10.5. The van der Waals surface area contributed by atoms with Gasteiger partial charge in [0.15, 0.2) is 23.1 Å². The Balaban J connectivity index is 1.66. The fourth-order valence-corrected chi connectivity index (χ4v) is 2.68. The number of fused-ring (bicyclic) bond motifs is 1. The minimum Gasteiger partial charge on any atom is -0.454 e. The SMILES string of the molecule is CCc1ccccc1C(=O)CCC(=O)c1ccc2c(c1)OCO2. The lowest BCUT2D eigenvalue weighted by molar-refractivity contribution is 0.0917. The van der Waals surface area contributed by atoms with Crippen molar-refractivity contribution in [2.45, 2.75) is 26.2 Å². The second-order valence-corrected chi connectivity index (χ2v) is 5.43. The zero-order valence-corrected chi connectivity index (χ0v) is 13.0. The molecule has 3 rings (SSSR count). The predicted octanol–water partition coefficient (Wildman–Crippen LogP) is 3.82. The molecular formula is C19H18O4. The molecular weight excluding hydrogens is 292 g/mol. The van der Waals surface area contributed by atoms with Gasteiger partial charge in [-0.15, -0.1) is 0 Å². The Morgan fingerprint density at radius 1 is 0.957 bits per heavy atom. The third kappa shape index (κ3) is 3.26. The van der Waals surface area contributed by atoms with Crippen LogP contribution in [0.15, 0.2) is 42.5 Å². The summed E-state index contributed by atoms with van der Waals surface area (Å²) in [5.41, 5.74) is 2.28. The number of carbonyl (C=O) groups is 2. The third-order valence-corrected chi connectivity index (χ3v) is 3.97. The average Bonchev–Trinajstić information content (AvgIpc) is 3.06. The van der Waals surface area contributed by atoms with Crippen molar-refractivity contribution in [2.75, 3.05) is 6.79 Å². The highest BCUT2D eigenvalue weighted by atomic mass is 16.7. The molecule has 0 saturated carbocycles. The number of aryl methyl sites for hydroxylation is 1. The van der Waals surface area contributed by atoms with Gasteiger partial charge in [-0.2, -0.15) is 0 Å². The first-order valence-corrected chi connectivity index (χ1v) is 7.73. The number of benzene rings is 2. The molecule has 2 aromatic rings. The number of hydrogen-bond acceptors (Lipinski definition) is 4. The molecule has 1 aliphatic heterocycles. The van der Waals surface area contributed by atoms with E-state index < -0.39 is 0 Å². The average molecular weight is 310 g/mol. The topological polar surface area (TPSA) is 52.6 Å². The first-order chi connectivity index (χ1) is 11.2. The Labute approximate surface area is 135 Å². The van der Waals surface area contributed by atoms with Crippen molar-refractivity contribution in [1.82, 2.24) is 0 Å². The second kappa shape index (κ2) is 6.65. The molecule has 118 valence electrons. The minimum absolute atomic E-state index is 0.0107. The number of rotatable bonds is 6. The summed E-state index contributed by atoms with van der Waals surface area (Å²) in [7, 11) is 0. The summed E-state index contributed by atoms with van der Waals surface area (Å²) in [5.74, 6) is 1.18. The van der Waals surface area contributed by atoms with Crippen molar-refractivity contribution in [3.8, 4) is 11.5 Å². The van der Waals surface area contributed by atoms with Crippen LogP contribution in [0.3, 0.4) is 0 Å². The van der Waals surface area contributed by atoms with E-state index in [-0.39, 0.29) is 31.2 Å². The second-order valence-electron chi connectivity index (χ2n) is 5.43. The molecule has 0 aliphatic carbocycles. The first kappa shape index (κ1) is 15.3. The molecule has 0 unspecified atom stereocenters. The molecule has 0 atom stereocenters. The van der Waals surface area contributed by atoms with Gasteiger partial charge in [-0.25, -0.2) is 0 Å². The highest BCUT2D eigenvalue weighted by Crippen LogP contribution is 2.32. The molecule has 0 radical (unpaired) electrons. The highest BCUT2D eigenvalue weighted by Gasteiger charge is 2.17. The van der Waals surface area contributed by atoms with E-state index in [2.05, 4.69) is 0 Å². The van der Waals surface area contributed by atoms with Crippen LogP contribution in [0.1, 0.15) is 46.0 Å². The van der Waals surface area contributed by atoms with Crippen molar-refractivity contribution in [1.29, 1.82) is 0 Å².